The summed E-state index contributed by atoms with van der Waals surface area (Å²) in [6.45, 7) is 6.32. The van der Waals surface area contributed by atoms with E-state index in [1.54, 1.807) is 0 Å². The summed E-state index contributed by atoms with van der Waals surface area (Å²) in [5.41, 5.74) is 0. The molecule has 0 radical (unpaired) electrons. The van der Waals surface area contributed by atoms with Gasteiger partial charge < -0.3 is 14.2 Å². The summed E-state index contributed by atoms with van der Waals surface area (Å²) in [7, 11) is 0. The van der Waals surface area contributed by atoms with E-state index >= 15 is 0 Å². The van der Waals surface area contributed by atoms with E-state index in [4.69, 9.17) is 14.2 Å². The molecule has 55 heavy (non-hydrogen) atoms. The van der Waals surface area contributed by atoms with Gasteiger partial charge in [0.1, 0.15) is 13.2 Å². The summed E-state index contributed by atoms with van der Waals surface area (Å²) in [5.74, 6) is -1.02. The van der Waals surface area contributed by atoms with Gasteiger partial charge in [0.05, 0.1) is 0 Å². The van der Waals surface area contributed by atoms with Crippen molar-refractivity contribution in [3.05, 3.63) is 85.1 Å². The van der Waals surface area contributed by atoms with Gasteiger partial charge in [0.15, 0.2) is 6.10 Å². The fraction of sp³-hybridized carbons (Fsp3) is 0.653. The first-order chi connectivity index (χ1) is 27.0. The fourth-order valence-electron chi connectivity index (χ4n) is 5.68. The zero-order valence-corrected chi connectivity index (χ0v) is 35.4. The highest BCUT2D eigenvalue weighted by Crippen LogP contribution is 2.14. The summed E-state index contributed by atoms with van der Waals surface area (Å²) in [5, 5.41) is 0. The Bertz CT molecular complexity index is 1110. The third kappa shape index (κ3) is 41.6. The Morgan fingerprint density at radius 3 is 1.25 bits per heavy atom. The van der Waals surface area contributed by atoms with Crippen molar-refractivity contribution in [2.45, 2.75) is 194 Å². The zero-order chi connectivity index (χ0) is 40.1. The number of hydrogen-bond donors (Lipinski definition) is 0. The van der Waals surface area contributed by atoms with Crippen LogP contribution in [0.2, 0.25) is 0 Å². The molecule has 0 N–H and O–H groups in total. The van der Waals surface area contributed by atoms with Crippen molar-refractivity contribution in [3.8, 4) is 0 Å². The van der Waals surface area contributed by atoms with Crippen LogP contribution in [0.25, 0.3) is 0 Å². The first-order valence-electron chi connectivity index (χ1n) is 22.2. The quantitative estimate of drug-likeness (QED) is 0.0270. The normalized spacial score (nSPS) is 12.9. The monoisotopic (exact) mass is 765 g/mol. The van der Waals surface area contributed by atoms with Gasteiger partial charge in [-0.05, 0) is 51.4 Å². The Balaban J connectivity index is 4.54. The second kappa shape index (κ2) is 43.3. The van der Waals surface area contributed by atoms with Crippen molar-refractivity contribution in [2.75, 3.05) is 13.2 Å². The molecule has 6 nitrogen and oxygen atoms in total. The maximum atomic E-state index is 12.7. The smallest absolute Gasteiger partial charge is 0.306 e. The lowest BCUT2D eigenvalue weighted by atomic mass is 10.0. The average Bonchev–Trinajstić information content (AvgIpc) is 3.18. The highest BCUT2D eigenvalue weighted by molar-refractivity contribution is 5.71. The van der Waals surface area contributed by atoms with E-state index in [0.717, 1.165) is 64.2 Å². The van der Waals surface area contributed by atoms with Gasteiger partial charge in [-0.25, -0.2) is 0 Å². The van der Waals surface area contributed by atoms with E-state index in [9.17, 15) is 14.4 Å². The van der Waals surface area contributed by atoms with E-state index in [2.05, 4.69) is 51.2 Å². The second-order valence-corrected chi connectivity index (χ2v) is 14.4. The molecule has 0 aliphatic rings. The number of unbranched alkanes of at least 4 members (excludes halogenated alkanes) is 18. The van der Waals surface area contributed by atoms with Crippen LogP contribution >= 0.6 is 0 Å². The van der Waals surface area contributed by atoms with Gasteiger partial charge in [-0.3, -0.25) is 14.4 Å². The fourth-order valence-corrected chi connectivity index (χ4v) is 5.68. The van der Waals surface area contributed by atoms with Gasteiger partial charge in [-0.2, -0.15) is 0 Å². The van der Waals surface area contributed by atoms with E-state index in [1.807, 2.05) is 54.7 Å². The number of rotatable bonds is 38. The third-order valence-electron chi connectivity index (χ3n) is 9.04. The first-order valence-corrected chi connectivity index (χ1v) is 22.2. The van der Waals surface area contributed by atoms with E-state index in [0.29, 0.717) is 19.3 Å². The molecule has 0 saturated carbocycles. The van der Waals surface area contributed by atoms with Crippen LogP contribution in [0.1, 0.15) is 188 Å². The first kappa shape index (κ1) is 51.6. The molecule has 0 aromatic carbocycles. The molecule has 0 heterocycles. The minimum absolute atomic E-state index is 0.113. The number of carbonyl (C=O) groups excluding carboxylic acids is 3. The minimum Gasteiger partial charge on any atom is -0.462 e. The molecule has 0 spiro atoms. The average molecular weight is 765 g/mol. The van der Waals surface area contributed by atoms with Crippen LogP contribution in [0.4, 0.5) is 0 Å². The van der Waals surface area contributed by atoms with Gasteiger partial charge in [0.2, 0.25) is 0 Å². The Kier molecular flexibility index (Phi) is 40.6. The number of carbonyl (C=O) groups is 3. The van der Waals surface area contributed by atoms with Crippen molar-refractivity contribution >= 4 is 17.9 Å². The molecule has 0 aliphatic carbocycles. The topological polar surface area (TPSA) is 78.9 Å². The molecule has 0 saturated heterocycles. The Hall–Kier alpha value is -3.41. The highest BCUT2D eigenvalue weighted by Gasteiger charge is 2.19. The van der Waals surface area contributed by atoms with Crippen LogP contribution in [-0.2, 0) is 28.6 Å². The van der Waals surface area contributed by atoms with Crippen LogP contribution in [0.3, 0.4) is 0 Å². The van der Waals surface area contributed by atoms with Gasteiger partial charge in [0.25, 0.3) is 0 Å². The molecule has 0 fully saturated rings. The highest BCUT2D eigenvalue weighted by atomic mass is 16.6. The molecule has 312 valence electrons. The van der Waals surface area contributed by atoms with Crippen molar-refractivity contribution in [1.29, 1.82) is 0 Å². The van der Waals surface area contributed by atoms with Crippen LogP contribution in [-0.4, -0.2) is 37.2 Å². The standard InChI is InChI=1S/C49H80O6/c1-4-7-10-13-16-19-22-24-27-30-33-36-39-42-48(51)54-45-46(44-53-47(50)41-38-35-32-29-26-21-18-15-12-9-6-3)55-49(52)43-40-37-34-31-28-25-23-20-17-14-11-8-5-2/h7,10,13,15-16,18-19,21-22,24,26-27,30,33,46H,4-6,8-9,11-12,14,17,20,23,25,28-29,31-32,34-45H2,1-3H3/b10-7-,16-13-,18-15-,22-19-,26-21-,27-24-,33-30-. The SMILES string of the molecule is CC\C=C/C=C\C=C/C=C\C=C/CCCC(=O)OCC(COC(=O)CCCCC/C=C\C=C/CCCC)OC(=O)CCCCCCCCCCCCCCC. The predicted octanol–water partition coefficient (Wildman–Crippen LogP) is 14.1. The maximum absolute atomic E-state index is 12.7. The summed E-state index contributed by atoms with van der Waals surface area (Å²) in [4.78, 5) is 37.6. The van der Waals surface area contributed by atoms with Crippen LogP contribution < -0.4 is 0 Å². The second-order valence-electron chi connectivity index (χ2n) is 14.4. The summed E-state index contributed by atoms with van der Waals surface area (Å²) in [6.07, 6.45) is 54.3. The molecule has 0 aromatic rings. The number of ether oxygens (including phenoxy) is 3. The predicted molar refractivity (Wildman–Crippen MR) is 233 cm³/mol. The molecule has 0 aliphatic heterocycles. The zero-order valence-electron chi connectivity index (χ0n) is 35.4. The Morgan fingerprint density at radius 2 is 0.745 bits per heavy atom. The number of hydrogen-bond acceptors (Lipinski definition) is 6. The van der Waals surface area contributed by atoms with E-state index in [1.165, 1.54) is 77.0 Å². The van der Waals surface area contributed by atoms with Crippen LogP contribution in [0.15, 0.2) is 85.1 Å². The Morgan fingerprint density at radius 1 is 0.382 bits per heavy atom. The van der Waals surface area contributed by atoms with Gasteiger partial charge in [0, 0.05) is 19.3 Å². The molecular weight excluding hydrogens is 685 g/mol. The largest absolute Gasteiger partial charge is 0.462 e. The van der Waals surface area contributed by atoms with Crippen molar-refractivity contribution < 1.29 is 28.6 Å². The summed E-state index contributed by atoms with van der Waals surface area (Å²) in [6, 6.07) is 0. The molecule has 0 bridgehead atoms. The third-order valence-corrected chi connectivity index (χ3v) is 9.04. The van der Waals surface area contributed by atoms with Crippen LogP contribution in [0.5, 0.6) is 0 Å². The lowest BCUT2D eigenvalue weighted by Crippen LogP contribution is -2.30. The molecule has 0 amide bonds. The van der Waals surface area contributed by atoms with Crippen molar-refractivity contribution in [2.24, 2.45) is 0 Å². The Labute approximate surface area is 337 Å². The maximum Gasteiger partial charge on any atom is 0.306 e. The lowest BCUT2D eigenvalue weighted by molar-refractivity contribution is -0.167. The van der Waals surface area contributed by atoms with Gasteiger partial charge >= 0.3 is 17.9 Å². The summed E-state index contributed by atoms with van der Waals surface area (Å²) >= 11 is 0. The van der Waals surface area contributed by atoms with Gasteiger partial charge in [-0.1, -0.05) is 202 Å². The number of allylic oxidation sites excluding steroid dienone is 14. The molecule has 1 atom stereocenters. The number of esters is 3. The molecule has 0 rings (SSSR count). The van der Waals surface area contributed by atoms with Crippen LogP contribution in [0, 0.1) is 0 Å². The lowest BCUT2D eigenvalue weighted by Gasteiger charge is -2.18. The van der Waals surface area contributed by atoms with Gasteiger partial charge in [-0.15, -0.1) is 0 Å². The van der Waals surface area contributed by atoms with E-state index < -0.39 is 6.10 Å². The van der Waals surface area contributed by atoms with E-state index in [-0.39, 0.29) is 37.5 Å². The van der Waals surface area contributed by atoms with Crippen molar-refractivity contribution in [1.82, 2.24) is 0 Å². The summed E-state index contributed by atoms with van der Waals surface area (Å²) < 4.78 is 16.6. The molecule has 1 unspecified atom stereocenters. The minimum atomic E-state index is -0.812. The molecular formula is C49H80O6. The molecule has 0 aromatic heterocycles. The van der Waals surface area contributed by atoms with Crippen molar-refractivity contribution in [3.63, 3.8) is 0 Å². The molecule has 6 heteroatoms.